The van der Waals surface area contributed by atoms with E-state index < -0.39 is 0 Å². The molecule has 1 fully saturated rings. The van der Waals surface area contributed by atoms with Gasteiger partial charge >= 0.3 is 0 Å². The number of amides is 2. The summed E-state index contributed by atoms with van der Waals surface area (Å²) in [7, 11) is 0. The Hall–Kier alpha value is -3.03. The molecule has 3 rings (SSSR count). The second-order valence-corrected chi connectivity index (χ2v) is 6.19. The van der Waals surface area contributed by atoms with Gasteiger partial charge in [-0.2, -0.15) is 0 Å². The lowest BCUT2D eigenvalue weighted by Gasteiger charge is -2.34. The van der Waals surface area contributed by atoms with E-state index in [-0.39, 0.29) is 11.8 Å². The number of aryl methyl sites for hydroxylation is 1. The number of aromatic nitrogens is 3. The number of nitrogens with zero attached hydrogens (tertiary/aromatic N) is 5. The third kappa shape index (κ3) is 4.33. The molecule has 0 bridgehead atoms. The summed E-state index contributed by atoms with van der Waals surface area (Å²) in [6, 6.07) is 7.23. The van der Waals surface area contributed by atoms with Gasteiger partial charge in [0.15, 0.2) is 0 Å². The second-order valence-electron chi connectivity index (χ2n) is 6.19. The van der Waals surface area contributed by atoms with Crippen LogP contribution in [-0.2, 0) is 11.3 Å². The monoisotopic (exact) mass is 354 g/mol. The molecule has 0 spiro atoms. The Kier molecular flexibility index (Phi) is 5.40. The topological polar surface area (TPSA) is 91.3 Å². The van der Waals surface area contributed by atoms with Crippen molar-refractivity contribution in [3.63, 3.8) is 0 Å². The molecule has 1 N–H and O–H groups in total. The zero-order valence-electron chi connectivity index (χ0n) is 15.0. The van der Waals surface area contributed by atoms with Crippen LogP contribution >= 0.6 is 0 Å². The summed E-state index contributed by atoms with van der Waals surface area (Å²) in [4.78, 5) is 40.7. The number of rotatable bonds is 4. The fourth-order valence-electron chi connectivity index (χ4n) is 2.80. The van der Waals surface area contributed by atoms with Crippen LogP contribution in [0.3, 0.4) is 0 Å². The highest BCUT2D eigenvalue weighted by atomic mass is 16.2. The number of hydrogen-bond donors (Lipinski definition) is 1. The minimum Gasteiger partial charge on any atom is -0.345 e. The Balaban J connectivity index is 1.67. The van der Waals surface area contributed by atoms with Crippen molar-refractivity contribution < 1.29 is 9.59 Å². The van der Waals surface area contributed by atoms with Crippen LogP contribution in [0, 0.1) is 6.92 Å². The Morgan fingerprint density at radius 3 is 2.58 bits per heavy atom. The highest BCUT2D eigenvalue weighted by molar-refractivity contribution is 5.92. The maximum atomic E-state index is 12.4. The van der Waals surface area contributed by atoms with Gasteiger partial charge in [-0.1, -0.05) is 6.07 Å². The normalized spacial score (nSPS) is 14.2. The Morgan fingerprint density at radius 2 is 1.92 bits per heavy atom. The van der Waals surface area contributed by atoms with Crippen LogP contribution in [0.25, 0.3) is 0 Å². The summed E-state index contributed by atoms with van der Waals surface area (Å²) in [6.45, 7) is 6.32. The molecule has 0 unspecified atom stereocenters. The van der Waals surface area contributed by atoms with Gasteiger partial charge in [0.1, 0.15) is 5.69 Å². The Bertz CT molecular complexity index is 788. The molecule has 1 aliphatic heterocycles. The van der Waals surface area contributed by atoms with Crippen LogP contribution < -0.4 is 10.2 Å². The largest absolute Gasteiger partial charge is 0.345 e. The number of pyridine rings is 1. The van der Waals surface area contributed by atoms with Crippen molar-refractivity contribution in [2.75, 3.05) is 31.1 Å². The summed E-state index contributed by atoms with van der Waals surface area (Å²) < 4.78 is 0. The summed E-state index contributed by atoms with van der Waals surface area (Å²) in [6.07, 6.45) is 1.69. The average molecular weight is 354 g/mol. The first-order valence-corrected chi connectivity index (χ1v) is 8.57. The molecule has 26 heavy (non-hydrogen) atoms. The third-order valence-electron chi connectivity index (χ3n) is 4.24. The number of anilines is 1. The molecular formula is C18H22N6O2. The smallest absolute Gasteiger partial charge is 0.270 e. The molecule has 0 radical (unpaired) electrons. The molecule has 2 amide bonds. The zero-order valence-corrected chi connectivity index (χ0v) is 15.0. The van der Waals surface area contributed by atoms with Crippen LogP contribution in [0.15, 0.2) is 30.5 Å². The average Bonchev–Trinajstić information content (AvgIpc) is 2.66. The number of nitrogens with one attached hydrogen (secondary N) is 1. The summed E-state index contributed by atoms with van der Waals surface area (Å²) in [5.74, 6) is 0.338. The van der Waals surface area contributed by atoms with Crippen molar-refractivity contribution in [2.45, 2.75) is 20.4 Å². The molecule has 0 saturated carbocycles. The minimum absolute atomic E-state index is 0.0735. The fraction of sp³-hybridized carbons (Fsp3) is 0.389. The Labute approximate surface area is 152 Å². The minimum atomic E-state index is -0.259. The van der Waals surface area contributed by atoms with E-state index in [1.54, 1.807) is 24.1 Å². The molecule has 3 heterocycles. The summed E-state index contributed by atoms with van der Waals surface area (Å²) in [5.41, 5.74) is 1.84. The lowest BCUT2D eigenvalue weighted by Crippen LogP contribution is -2.48. The number of piperazine rings is 1. The van der Waals surface area contributed by atoms with E-state index in [0.29, 0.717) is 44.4 Å². The predicted octanol–water partition coefficient (Wildman–Crippen LogP) is 0.779. The highest BCUT2D eigenvalue weighted by Gasteiger charge is 2.21. The fourth-order valence-corrected chi connectivity index (χ4v) is 2.80. The molecule has 136 valence electrons. The van der Waals surface area contributed by atoms with Gasteiger partial charge in [-0.15, -0.1) is 0 Å². The standard InChI is InChI=1S/C18H22N6O2/c1-13-11-16(17(26)20-12-15-5-3-4-6-19-15)22-18(21-13)24-9-7-23(8-10-24)14(2)25/h3-6,11H,7-10,12H2,1-2H3,(H,20,26). The van der Waals surface area contributed by atoms with Crippen LogP contribution in [0.2, 0.25) is 0 Å². The number of carbonyl (C=O) groups excluding carboxylic acids is 2. The van der Waals surface area contributed by atoms with Gasteiger partial charge in [0.25, 0.3) is 5.91 Å². The molecule has 0 atom stereocenters. The third-order valence-corrected chi connectivity index (χ3v) is 4.24. The van der Waals surface area contributed by atoms with Crippen LogP contribution in [0.5, 0.6) is 0 Å². The second kappa shape index (κ2) is 7.90. The van der Waals surface area contributed by atoms with E-state index in [0.717, 1.165) is 11.4 Å². The molecule has 8 heteroatoms. The van der Waals surface area contributed by atoms with Gasteiger partial charge in [-0.25, -0.2) is 9.97 Å². The van der Waals surface area contributed by atoms with E-state index in [1.165, 1.54) is 0 Å². The lowest BCUT2D eigenvalue weighted by molar-refractivity contribution is -0.129. The van der Waals surface area contributed by atoms with Crippen molar-refractivity contribution in [1.29, 1.82) is 0 Å². The quantitative estimate of drug-likeness (QED) is 0.872. The van der Waals surface area contributed by atoms with Crippen molar-refractivity contribution >= 4 is 17.8 Å². The van der Waals surface area contributed by atoms with Crippen molar-refractivity contribution in [3.8, 4) is 0 Å². The SMILES string of the molecule is CC(=O)N1CCN(c2nc(C)cc(C(=O)NCc3ccccn3)n2)CC1. The van der Waals surface area contributed by atoms with E-state index in [9.17, 15) is 9.59 Å². The zero-order chi connectivity index (χ0) is 18.5. The number of carbonyl (C=O) groups is 2. The molecule has 8 nitrogen and oxygen atoms in total. The maximum absolute atomic E-state index is 12.4. The molecule has 2 aromatic rings. The summed E-state index contributed by atoms with van der Waals surface area (Å²) in [5, 5.41) is 2.83. The van der Waals surface area contributed by atoms with Crippen molar-refractivity contribution in [2.24, 2.45) is 0 Å². The van der Waals surface area contributed by atoms with Crippen LogP contribution in [0.1, 0.15) is 28.8 Å². The van der Waals surface area contributed by atoms with Gasteiger partial charge in [0.05, 0.1) is 12.2 Å². The number of hydrogen-bond acceptors (Lipinski definition) is 6. The van der Waals surface area contributed by atoms with Crippen LogP contribution in [-0.4, -0.2) is 57.8 Å². The molecule has 1 aliphatic rings. The van der Waals surface area contributed by atoms with Gasteiger partial charge in [-0.3, -0.25) is 14.6 Å². The van der Waals surface area contributed by atoms with Crippen LogP contribution in [0.4, 0.5) is 5.95 Å². The van der Waals surface area contributed by atoms with Gasteiger partial charge in [-0.05, 0) is 25.1 Å². The van der Waals surface area contributed by atoms with E-state index >= 15 is 0 Å². The van der Waals surface area contributed by atoms with E-state index in [2.05, 4.69) is 20.3 Å². The molecule has 2 aromatic heterocycles. The van der Waals surface area contributed by atoms with Gasteiger partial charge < -0.3 is 15.1 Å². The first-order chi connectivity index (χ1) is 12.5. The van der Waals surface area contributed by atoms with Gasteiger partial charge in [0.2, 0.25) is 11.9 Å². The maximum Gasteiger partial charge on any atom is 0.270 e. The van der Waals surface area contributed by atoms with E-state index in [4.69, 9.17) is 0 Å². The van der Waals surface area contributed by atoms with Gasteiger partial charge in [0, 0.05) is 45.0 Å². The first kappa shape index (κ1) is 17.8. The molecular weight excluding hydrogens is 332 g/mol. The van der Waals surface area contributed by atoms with E-state index in [1.807, 2.05) is 30.0 Å². The highest BCUT2D eigenvalue weighted by Crippen LogP contribution is 2.13. The van der Waals surface area contributed by atoms with Crippen molar-refractivity contribution in [1.82, 2.24) is 25.2 Å². The van der Waals surface area contributed by atoms with Crippen molar-refractivity contribution in [3.05, 3.63) is 47.5 Å². The Morgan fingerprint density at radius 1 is 1.15 bits per heavy atom. The molecule has 1 saturated heterocycles. The molecule has 0 aliphatic carbocycles. The molecule has 0 aromatic carbocycles. The lowest BCUT2D eigenvalue weighted by atomic mass is 10.3. The first-order valence-electron chi connectivity index (χ1n) is 8.57. The summed E-state index contributed by atoms with van der Waals surface area (Å²) >= 11 is 0. The predicted molar refractivity (Wildman–Crippen MR) is 96.6 cm³/mol.